The van der Waals surface area contributed by atoms with E-state index in [0.29, 0.717) is 20.6 Å². The number of hydrogen-bond acceptors (Lipinski definition) is 3. The van der Waals surface area contributed by atoms with Crippen molar-refractivity contribution in [2.75, 3.05) is 0 Å². The summed E-state index contributed by atoms with van der Waals surface area (Å²) in [4.78, 5) is 11.0. The molecule has 7 heteroatoms. The van der Waals surface area contributed by atoms with E-state index in [1.807, 2.05) is 29.5 Å². The molecule has 0 radical (unpaired) electrons. The van der Waals surface area contributed by atoms with Crippen LogP contribution in [0.25, 0.3) is 3.58 Å². The van der Waals surface area contributed by atoms with Crippen molar-refractivity contribution in [3.8, 4) is 0 Å². The van der Waals surface area contributed by atoms with E-state index in [4.69, 9.17) is 11.6 Å². The van der Waals surface area contributed by atoms with Crippen LogP contribution in [-0.4, -0.2) is 14.8 Å². The predicted molar refractivity (Wildman–Crippen MR) is 100.0 cm³/mol. The zero-order valence-electron chi connectivity index (χ0n) is 12.1. The zero-order chi connectivity index (χ0) is 17.0. The van der Waals surface area contributed by atoms with E-state index >= 15 is 0 Å². The monoisotopic (exact) mass is 461 g/mol. The molecule has 120 valence electrons. The van der Waals surface area contributed by atoms with Crippen molar-refractivity contribution in [1.29, 1.82) is 0 Å². The summed E-state index contributed by atoms with van der Waals surface area (Å²) in [6.45, 7) is 1.87. The van der Waals surface area contributed by atoms with Gasteiger partial charge in [0.2, 0.25) is 16.2 Å². The summed E-state index contributed by atoms with van der Waals surface area (Å²) in [5.74, 6) is 0. The summed E-state index contributed by atoms with van der Waals surface area (Å²) in [5.41, 5.74) is 1.60. The van der Waals surface area contributed by atoms with Crippen LogP contribution >= 0.6 is 34.2 Å². The molecule has 0 aliphatic rings. The van der Waals surface area contributed by atoms with Gasteiger partial charge in [-0.15, -0.1) is 0 Å². The fraction of sp³-hybridized carbons (Fsp3) is 0.0625. The highest BCUT2D eigenvalue weighted by Gasteiger charge is 2.24. The SMILES string of the molecule is Cc1ccc(S(=O)(=O)C(NC=O)=C(I)c2ccc(Cl)cc2)cc1. The summed E-state index contributed by atoms with van der Waals surface area (Å²) in [6.07, 6.45) is 0.357. The van der Waals surface area contributed by atoms with Crippen LogP contribution < -0.4 is 5.32 Å². The van der Waals surface area contributed by atoms with Gasteiger partial charge in [-0.3, -0.25) is 4.79 Å². The van der Waals surface area contributed by atoms with E-state index in [-0.39, 0.29) is 9.92 Å². The minimum absolute atomic E-state index is 0.121. The Morgan fingerprint density at radius 3 is 2.17 bits per heavy atom. The number of nitrogens with one attached hydrogen (secondary N) is 1. The van der Waals surface area contributed by atoms with Crippen molar-refractivity contribution in [2.24, 2.45) is 0 Å². The van der Waals surface area contributed by atoms with Gasteiger partial charge >= 0.3 is 0 Å². The number of carbonyl (C=O) groups excluding carboxylic acids is 1. The fourth-order valence-corrected chi connectivity index (χ4v) is 4.67. The molecule has 0 saturated heterocycles. The third-order valence-electron chi connectivity index (χ3n) is 3.09. The molecule has 0 bridgehead atoms. The van der Waals surface area contributed by atoms with E-state index < -0.39 is 9.84 Å². The van der Waals surface area contributed by atoms with Crippen LogP contribution in [0.1, 0.15) is 11.1 Å². The number of carbonyl (C=O) groups is 1. The van der Waals surface area contributed by atoms with Gasteiger partial charge in [-0.25, -0.2) is 8.42 Å². The molecule has 0 atom stereocenters. The second kappa shape index (κ2) is 7.46. The van der Waals surface area contributed by atoms with Crippen molar-refractivity contribution < 1.29 is 13.2 Å². The smallest absolute Gasteiger partial charge is 0.222 e. The van der Waals surface area contributed by atoms with Crippen LogP contribution in [0.2, 0.25) is 5.02 Å². The average molecular weight is 462 g/mol. The van der Waals surface area contributed by atoms with E-state index in [1.54, 1.807) is 36.4 Å². The molecule has 0 unspecified atom stereocenters. The zero-order valence-corrected chi connectivity index (χ0v) is 15.8. The highest BCUT2D eigenvalue weighted by atomic mass is 127. The molecule has 1 N–H and O–H groups in total. The van der Waals surface area contributed by atoms with E-state index in [1.165, 1.54) is 12.1 Å². The minimum Gasteiger partial charge on any atom is -0.318 e. The molecule has 1 amide bonds. The molecule has 2 aromatic rings. The quantitative estimate of drug-likeness (QED) is 0.542. The summed E-state index contributed by atoms with van der Waals surface area (Å²) in [5, 5.41) is 2.71. The second-order valence-corrected chi connectivity index (χ2v) is 8.13. The van der Waals surface area contributed by atoms with Gasteiger partial charge in [0.15, 0.2) is 5.03 Å². The maximum atomic E-state index is 12.8. The molecule has 23 heavy (non-hydrogen) atoms. The van der Waals surface area contributed by atoms with Crippen LogP contribution in [0.3, 0.4) is 0 Å². The molecular weight excluding hydrogens is 449 g/mol. The van der Waals surface area contributed by atoms with Gasteiger partial charge in [-0.05, 0) is 59.3 Å². The van der Waals surface area contributed by atoms with Crippen LogP contribution in [0.4, 0.5) is 0 Å². The van der Waals surface area contributed by atoms with Crippen molar-refractivity contribution in [2.45, 2.75) is 11.8 Å². The molecule has 2 aromatic carbocycles. The number of aryl methyl sites for hydroxylation is 1. The lowest BCUT2D eigenvalue weighted by molar-refractivity contribution is -0.108. The first-order valence-electron chi connectivity index (χ1n) is 6.54. The lowest BCUT2D eigenvalue weighted by atomic mass is 10.2. The maximum absolute atomic E-state index is 12.8. The standard InChI is InChI=1S/C16H13ClINO3S/c1-11-2-8-14(9-3-11)23(21,22)16(19-10-20)15(18)12-4-6-13(17)7-5-12/h2-10H,1H3,(H,19,20). The number of sulfone groups is 1. The lowest BCUT2D eigenvalue weighted by Gasteiger charge is -2.12. The van der Waals surface area contributed by atoms with Gasteiger partial charge in [0.25, 0.3) is 0 Å². The van der Waals surface area contributed by atoms with Gasteiger partial charge in [-0.1, -0.05) is 41.4 Å². The van der Waals surface area contributed by atoms with Gasteiger partial charge in [-0.2, -0.15) is 0 Å². The number of benzene rings is 2. The van der Waals surface area contributed by atoms with Gasteiger partial charge in [0.05, 0.1) is 8.48 Å². The lowest BCUT2D eigenvalue weighted by Crippen LogP contribution is -2.20. The number of rotatable bonds is 5. The molecule has 2 rings (SSSR count). The molecule has 0 saturated carbocycles. The third-order valence-corrected chi connectivity index (χ3v) is 6.62. The Labute approximate surface area is 153 Å². The summed E-state index contributed by atoms with van der Waals surface area (Å²) < 4.78 is 26.0. The highest BCUT2D eigenvalue weighted by Crippen LogP contribution is 2.31. The Morgan fingerprint density at radius 2 is 1.65 bits per heavy atom. The highest BCUT2D eigenvalue weighted by molar-refractivity contribution is 14.1. The van der Waals surface area contributed by atoms with Crippen LogP contribution in [0.15, 0.2) is 58.5 Å². The van der Waals surface area contributed by atoms with Crippen molar-refractivity contribution in [3.63, 3.8) is 0 Å². The van der Waals surface area contributed by atoms with E-state index in [0.717, 1.165) is 5.56 Å². The molecule has 0 aliphatic heterocycles. The van der Waals surface area contributed by atoms with Crippen molar-refractivity contribution >= 4 is 54.0 Å². The molecule has 0 spiro atoms. The maximum Gasteiger partial charge on any atom is 0.222 e. The van der Waals surface area contributed by atoms with Crippen molar-refractivity contribution in [1.82, 2.24) is 5.32 Å². The van der Waals surface area contributed by atoms with E-state index in [9.17, 15) is 13.2 Å². The Morgan fingerprint density at radius 1 is 1.09 bits per heavy atom. The number of halogens is 2. The topological polar surface area (TPSA) is 63.2 Å². The molecular formula is C16H13ClINO3S. The third kappa shape index (κ3) is 4.13. The van der Waals surface area contributed by atoms with E-state index in [2.05, 4.69) is 5.32 Å². The van der Waals surface area contributed by atoms with Gasteiger partial charge < -0.3 is 5.32 Å². The molecule has 0 fully saturated rings. The predicted octanol–water partition coefficient (Wildman–Crippen LogP) is 3.93. The van der Waals surface area contributed by atoms with Crippen LogP contribution in [0, 0.1) is 6.92 Å². The summed E-state index contributed by atoms with van der Waals surface area (Å²) >= 11 is 7.75. The van der Waals surface area contributed by atoms with Crippen molar-refractivity contribution in [3.05, 3.63) is 69.7 Å². The Balaban J connectivity index is 2.60. The Bertz CT molecular complexity index is 844. The fourth-order valence-electron chi connectivity index (χ4n) is 1.88. The van der Waals surface area contributed by atoms with Gasteiger partial charge in [0, 0.05) is 5.02 Å². The molecule has 0 aromatic heterocycles. The second-order valence-electron chi connectivity index (χ2n) is 4.73. The summed E-state index contributed by atoms with van der Waals surface area (Å²) in [7, 11) is -3.84. The molecule has 0 aliphatic carbocycles. The number of hydrogen-bond donors (Lipinski definition) is 1. The first-order valence-corrected chi connectivity index (χ1v) is 9.48. The Hall–Kier alpha value is -1.38. The molecule has 0 heterocycles. The molecule has 4 nitrogen and oxygen atoms in total. The van der Waals surface area contributed by atoms with Crippen LogP contribution in [0.5, 0.6) is 0 Å². The van der Waals surface area contributed by atoms with Crippen LogP contribution in [-0.2, 0) is 14.6 Å². The summed E-state index contributed by atoms with van der Waals surface area (Å²) in [6, 6.07) is 13.2. The number of amides is 1. The largest absolute Gasteiger partial charge is 0.318 e. The Kier molecular flexibility index (Phi) is 5.83. The first kappa shape index (κ1) is 18.0. The van der Waals surface area contributed by atoms with Gasteiger partial charge in [0.1, 0.15) is 0 Å². The average Bonchev–Trinajstić information content (AvgIpc) is 2.53. The normalized spacial score (nSPS) is 12.5. The minimum atomic E-state index is -3.84. The first-order chi connectivity index (χ1) is 10.9.